The number of hydrogen-bond donors (Lipinski definition) is 0. The van der Waals surface area contributed by atoms with Crippen molar-refractivity contribution in [1.82, 2.24) is 0 Å². The smallest absolute Gasteiger partial charge is 0.166 e. The van der Waals surface area contributed by atoms with E-state index in [0.717, 1.165) is 31.4 Å². The van der Waals surface area contributed by atoms with E-state index in [1.165, 1.54) is 18.9 Å². The summed E-state index contributed by atoms with van der Waals surface area (Å²) >= 11 is 0. The maximum absolute atomic E-state index is 12.4. The zero-order valence-corrected chi connectivity index (χ0v) is 10.5. The summed E-state index contributed by atoms with van der Waals surface area (Å²) in [7, 11) is 0. The lowest BCUT2D eigenvalue weighted by Crippen LogP contribution is -2.04. The number of unbranched alkanes of at least 4 members (excludes halogenated alkanes) is 4. The third-order valence-electron chi connectivity index (χ3n) is 2.58. The summed E-state index contributed by atoms with van der Waals surface area (Å²) in [5, 5.41) is 0. The molecule has 0 radical (unpaired) electrons. The van der Waals surface area contributed by atoms with Gasteiger partial charge in [-0.25, -0.2) is 0 Å². The summed E-state index contributed by atoms with van der Waals surface area (Å²) in [6.07, 6.45) is 0.953. The van der Waals surface area contributed by atoms with Gasteiger partial charge in [-0.1, -0.05) is 44.1 Å². The largest absolute Gasteiger partial charge is 0.416 e. The van der Waals surface area contributed by atoms with Crippen LogP contribution in [-0.2, 0) is 6.18 Å². The van der Waals surface area contributed by atoms with Crippen LogP contribution >= 0.6 is 0 Å². The predicted octanol–water partition coefficient (Wildman–Crippen LogP) is 5.03. The van der Waals surface area contributed by atoms with E-state index >= 15 is 0 Å². The zero-order chi connectivity index (χ0) is 13.4. The molecule has 0 nitrogen and oxygen atoms in total. The monoisotopic (exact) mass is 254 g/mol. The molecular weight excluding hydrogens is 237 g/mol. The van der Waals surface area contributed by atoms with E-state index in [2.05, 4.69) is 18.8 Å². The Morgan fingerprint density at radius 3 is 2.56 bits per heavy atom. The van der Waals surface area contributed by atoms with Gasteiger partial charge in [0.2, 0.25) is 0 Å². The molecule has 0 fully saturated rings. The van der Waals surface area contributed by atoms with Crippen LogP contribution in [0.2, 0.25) is 0 Å². The summed E-state index contributed by atoms with van der Waals surface area (Å²) in [6, 6.07) is 5.16. The summed E-state index contributed by atoms with van der Waals surface area (Å²) in [6.45, 7) is 2.13. The van der Waals surface area contributed by atoms with Gasteiger partial charge in [0.05, 0.1) is 5.56 Å². The van der Waals surface area contributed by atoms with Gasteiger partial charge >= 0.3 is 6.18 Å². The highest BCUT2D eigenvalue weighted by Gasteiger charge is 2.30. The van der Waals surface area contributed by atoms with Gasteiger partial charge in [0.25, 0.3) is 0 Å². The number of hydrogen-bond acceptors (Lipinski definition) is 0. The van der Waals surface area contributed by atoms with Crippen molar-refractivity contribution in [2.45, 2.75) is 45.2 Å². The van der Waals surface area contributed by atoms with Gasteiger partial charge in [-0.15, -0.1) is 0 Å². The molecule has 0 saturated heterocycles. The van der Waals surface area contributed by atoms with Gasteiger partial charge in [-0.3, -0.25) is 0 Å². The molecule has 0 aliphatic carbocycles. The van der Waals surface area contributed by atoms with Crippen LogP contribution in [0.5, 0.6) is 0 Å². The van der Waals surface area contributed by atoms with Crippen molar-refractivity contribution in [2.75, 3.05) is 0 Å². The fraction of sp³-hybridized carbons (Fsp3) is 0.467. The molecule has 3 heteroatoms. The van der Waals surface area contributed by atoms with Crippen molar-refractivity contribution >= 4 is 0 Å². The highest BCUT2D eigenvalue weighted by atomic mass is 19.4. The van der Waals surface area contributed by atoms with Crippen LogP contribution in [0.1, 0.15) is 50.2 Å². The molecule has 0 bridgehead atoms. The molecule has 1 aromatic carbocycles. The molecule has 1 rings (SSSR count). The van der Waals surface area contributed by atoms with Crippen molar-refractivity contribution in [3.05, 3.63) is 35.4 Å². The lowest BCUT2D eigenvalue weighted by molar-refractivity contribution is -0.137. The second kappa shape index (κ2) is 7.10. The van der Waals surface area contributed by atoms with Crippen molar-refractivity contribution in [3.63, 3.8) is 0 Å². The van der Waals surface area contributed by atoms with Crippen molar-refractivity contribution in [1.29, 1.82) is 0 Å². The Morgan fingerprint density at radius 2 is 1.89 bits per heavy atom. The predicted molar refractivity (Wildman–Crippen MR) is 67.1 cm³/mol. The first-order valence-electron chi connectivity index (χ1n) is 6.20. The van der Waals surface area contributed by atoms with E-state index in [1.54, 1.807) is 6.07 Å². The van der Waals surface area contributed by atoms with Crippen LogP contribution in [0.15, 0.2) is 24.3 Å². The molecule has 0 atom stereocenters. The fourth-order valence-corrected chi connectivity index (χ4v) is 1.58. The lowest BCUT2D eigenvalue weighted by atomic mass is 10.1. The number of alkyl halides is 3. The van der Waals surface area contributed by atoms with Crippen molar-refractivity contribution < 1.29 is 13.2 Å². The van der Waals surface area contributed by atoms with E-state index in [1.807, 2.05) is 0 Å². The molecule has 0 spiro atoms. The SMILES string of the molecule is CCCCCCC#Cc1cccc(C(F)(F)F)c1. The molecular formula is C15H17F3. The normalized spacial score (nSPS) is 10.9. The van der Waals surface area contributed by atoms with E-state index in [4.69, 9.17) is 0 Å². The Labute approximate surface area is 106 Å². The van der Waals surface area contributed by atoms with Crippen molar-refractivity contribution in [3.8, 4) is 11.8 Å². The molecule has 0 amide bonds. The van der Waals surface area contributed by atoms with Gasteiger partial charge in [-0.2, -0.15) is 13.2 Å². The Kier molecular flexibility index (Phi) is 5.77. The molecule has 98 valence electrons. The van der Waals surface area contributed by atoms with E-state index in [-0.39, 0.29) is 0 Å². The summed E-state index contributed by atoms with van der Waals surface area (Å²) in [5.41, 5.74) is -0.208. The average Bonchev–Trinajstić information content (AvgIpc) is 2.33. The first-order valence-corrected chi connectivity index (χ1v) is 6.20. The third kappa shape index (κ3) is 5.27. The molecule has 0 unspecified atom stereocenters. The number of rotatable bonds is 4. The second-order valence-electron chi connectivity index (χ2n) is 4.19. The maximum Gasteiger partial charge on any atom is 0.416 e. The molecule has 0 aromatic heterocycles. The lowest BCUT2D eigenvalue weighted by Gasteiger charge is -2.05. The Morgan fingerprint density at radius 1 is 1.11 bits per heavy atom. The minimum atomic E-state index is -4.29. The zero-order valence-electron chi connectivity index (χ0n) is 10.5. The topological polar surface area (TPSA) is 0 Å². The quantitative estimate of drug-likeness (QED) is 0.522. The molecule has 0 saturated carbocycles. The third-order valence-corrected chi connectivity index (χ3v) is 2.58. The van der Waals surface area contributed by atoms with Crippen LogP contribution in [-0.4, -0.2) is 0 Å². The minimum Gasteiger partial charge on any atom is -0.166 e. The first-order chi connectivity index (χ1) is 8.54. The van der Waals surface area contributed by atoms with E-state index in [9.17, 15) is 13.2 Å². The van der Waals surface area contributed by atoms with Crippen LogP contribution < -0.4 is 0 Å². The van der Waals surface area contributed by atoms with Gasteiger partial charge in [-0.05, 0) is 24.6 Å². The van der Waals surface area contributed by atoms with Crippen molar-refractivity contribution in [2.24, 2.45) is 0 Å². The first kappa shape index (κ1) is 14.6. The van der Waals surface area contributed by atoms with E-state index < -0.39 is 11.7 Å². The standard InChI is InChI=1S/C15H17F3/c1-2-3-4-5-6-7-9-13-10-8-11-14(12-13)15(16,17)18/h8,10-12H,2-6H2,1H3. The summed E-state index contributed by atoms with van der Waals surface area (Å²) in [4.78, 5) is 0. The molecule has 0 aliphatic rings. The van der Waals surface area contributed by atoms with Gasteiger partial charge in [0.15, 0.2) is 0 Å². The van der Waals surface area contributed by atoms with Gasteiger partial charge in [0, 0.05) is 12.0 Å². The van der Waals surface area contributed by atoms with Gasteiger partial charge < -0.3 is 0 Å². The Balaban J connectivity index is 2.55. The highest BCUT2D eigenvalue weighted by molar-refractivity contribution is 5.37. The summed E-state index contributed by atoms with van der Waals surface area (Å²) < 4.78 is 37.3. The Bertz CT molecular complexity index is 421. The van der Waals surface area contributed by atoms with Crippen LogP contribution in [0, 0.1) is 11.8 Å². The summed E-state index contributed by atoms with van der Waals surface area (Å²) in [5.74, 6) is 5.71. The second-order valence-corrected chi connectivity index (χ2v) is 4.19. The molecule has 18 heavy (non-hydrogen) atoms. The highest BCUT2D eigenvalue weighted by Crippen LogP contribution is 2.29. The molecule has 1 aromatic rings. The number of benzene rings is 1. The van der Waals surface area contributed by atoms with Gasteiger partial charge in [0.1, 0.15) is 0 Å². The minimum absolute atomic E-state index is 0.431. The van der Waals surface area contributed by atoms with E-state index in [0.29, 0.717) is 5.56 Å². The average molecular weight is 254 g/mol. The fourth-order valence-electron chi connectivity index (χ4n) is 1.58. The van der Waals surface area contributed by atoms with Crippen LogP contribution in [0.3, 0.4) is 0 Å². The number of halogens is 3. The van der Waals surface area contributed by atoms with Crippen LogP contribution in [0.4, 0.5) is 13.2 Å². The molecule has 0 aliphatic heterocycles. The molecule has 0 heterocycles. The Hall–Kier alpha value is -1.43. The molecule has 0 N–H and O–H groups in total. The van der Waals surface area contributed by atoms with Crippen LogP contribution in [0.25, 0.3) is 0 Å². The maximum atomic E-state index is 12.4.